The third kappa shape index (κ3) is 4.24. The monoisotopic (exact) mass is 385 g/mol. The van der Waals surface area contributed by atoms with E-state index in [2.05, 4.69) is 33.0 Å². The standard InChI is InChI=1S/C22H25F2N3O/c23-20-6-5-16(11-21(20)24)13-27-9-8-26(15-19(27)7-10-28)14-18-12-17-3-1-2-4-22(17)25-18/h1-6,11-12,19,25,28H,7-10,13-15H2/t19-/m1/s1. The number of piperazine rings is 1. The van der Waals surface area contributed by atoms with Crippen molar-refractivity contribution >= 4 is 10.9 Å². The predicted octanol–water partition coefficient (Wildman–Crippen LogP) is 3.51. The second-order valence-corrected chi connectivity index (χ2v) is 7.50. The van der Waals surface area contributed by atoms with Gasteiger partial charge in [0.15, 0.2) is 11.6 Å². The zero-order valence-electron chi connectivity index (χ0n) is 15.7. The summed E-state index contributed by atoms with van der Waals surface area (Å²) in [5, 5.41) is 10.7. The maximum absolute atomic E-state index is 13.5. The van der Waals surface area contributed by atoms with Crippen molar-refractivity contribution in [3.05, 3.63) is 71.4 Å². The Balaban J connectivity index is 1.42. The zero-order valence-corrected chi connectivity index (χ0v) is 15.7. The number of halogens is 2. The van der Waals surface area contributed by atoms with Crippen LogP contribution in [0.1, 0.15) is 17.7 Å². The largest absolute Gasteiger partial charge is 0.396 e. The highest BCUT2D eigenvalue weighted by molar-refractivity contribution is 5.80. The first kappa shape index (κ1) is 19.1. The molecule has 1 fully saturated rings. The number of H-pyrrole nitrogens is 1. The van der Waals surface area contributed by atoms with Gasteiger partial charge in [0.1, 0.15) is 0 Å². The molecule has 1 aromatic heterocycles. The number of aliphatic hydroxyl groups is 1. The van der Waals surface area contributed by atoms with Crippen molar-refractivity contribution in [3.63, 3.8) is 0 Å². The van der Waals surface area contributed by atoms with Crippen LogP contribution in [0, 0.1) is 11.6 Å². The molecular formula is C22H25F2N3O. The normalized spacial score (nSPS) is 18.8. The van der Waals surface area contributed by atoms with Gasteiger partial charge in [0.05, 0.1) is 0 Å². The Hall–Kier alpha value is -2.28. The Morgan fingerprint density at radius 1 is 1.00 bits per heavy atom. The number of aliphatic hydroxyl groups excluding tert-OH is 1. The van der Waals surface area contributed by atoms with Crippen molar-refractivity contribution < 1.29 is 13.9 Å². The van der Waals surface area contributed by atoms with Gasteiger partial charge >= 0.3 is 0 Å². The van der Waals surface area contributed by atoms with Gasteiger partial charge in [-0.15, -0.1) is 0 Å². The van der Waals surface area contributed by atoms with Crippen LogP contribution in [-0.4, -0.2) is 52.2 Å². The van der Waals surface area contributed by atoms with Crippen molar-refractivity contribution in [1.82, 2.24) is 14.8 Å². The minimum absolute atomic E-state index is 0.110. The van der Waals surface area contributed by atoms with E-state index < -0.39 is 11.6 Å². The summed E-state index contributed by atoms with van der Waals surface area (Å²) in [6.07, 6.45) is 0.660. The minimum atomic E-state index is -0.821. The van der Waals surface area contributed by atoms with E-state index >= 15 is 0 Å². The molecule has 4 rings (SSSR count). The van der Waals surface area contributed by atoms with Crippen molar-refractivity contribution in [1.29, 1.82) is 0 Å². The average molecular weight is 385 g/mol. The van der Waals surface area contributed by atoms with Crippen molar-refractivity contribution in [2.45, 2.75) is 25.6 Å². The van der Waals surface area contributed by atoms with Crippen LogP contribution in [0.15, 0.2) is 48.5 Å². The van der Waals surface area contributed by atoms with Gasteiger partial charge in [-0.1, -0.05) is 24.3 Å². The molecule has 0 spiro atoms. The molecule has 4 nitrogen and oxygen atoms in total. The summed E-state index contributed by atoms with van der Waals surface area (Å²) in [6, 6.07) is 14.7. The Labute approximate surface area is 163 Å². The summed E-state index contributed by atoms with van der Waals surface area (Å²) in [7, 11) is 0. The van der Waals surface area contributed by atoms with E-state index in [0.29, 0.717) is 13.0 Å². The van der Waals surface area contributed by atoms with Gasteiger partial charge in [-0.05, 0) is 41.6 Å². The first-order valence-corrected chi connectivity index (χ1v) is 9.70. The fourth-order valence-corrected chi connectivity index (χ4v) is 4.06. The number of rotatable bonds is 6. The molecule has 1 aliphatic heterocycles. The highest BCUT2D eigenvalue weighted by atomic mass is 19.2. The van der Waals surface area contributed by atoms with Crippen molar-refractivity contribution in [2.24, 2.45) is 0 Å². The van der Waals surface area contributed by atoms with Gasteiger partial charge in [0.25, 0.3) is 0 Å². The molecular weight excluding hydrogens is 360 g/mol. The lowest BCUT2D eigenvalue weighted by Gasteiger charge is -2.41. The number of nitrogens with one attached hydrogen (secondary N) is 1. The predicted molar refractivity (Wildman–Crippen MR) is 106 cm³/mol. The summed E-state index contributed by atoms with van der Waals surface area (Å²) < 4.78 is 26.7. The molecule has 2 aromatic carbocycles. The van der Waals surface area contributed by atoms with E-state index in [1.54, 1.807) is 6.07 Å². The molecule has 3 aromatic rings. The van der Waals surface area contributed by atoms with Crippen LogP contribution < -0.4 is 0 Å². The quantitative estimate of drug-likeness (QED) is 0.682. The van der Waals surface area contributed by atoms with E-state index in [1.807, 2.05) is 12.1 Å². The van der Waals surface area contributed by atoms with Gasteiger partial charge < -0.3 is 10.1 Å². The van der Waals surface area contributed by atoms with Gasteiger partial charge in [0.2, 0.25) is 0 Å². The van der Waals surface area contributed by atoms with Crippen LogP contribution in [0.5, 0.6) is 0 Å². The zero-order chi connectivity index (χ0) is 19.5. The Morgan fingerprint density at radius 3 is 2.64 bits per heavy atom. The van der Waals surface area contributed by atoms with E-state index in [1.165, 1.54) is 23.2 Å². The Morgan fingerprint density at radius 2 is 1.86 bits per heavy atom. The number of fused-ring (bicyclic) bond motifs is 1. The lowest BCUT2D eigenvalue weighted by Crippen LogP contribution is -2.52. The lowest BCUT2D eigenvalue weighted by molar-refractivity contribution is 0.0494. The van der Waals surface area contributed by atoms with E-state index in [0.717, 1.165) is 37.3 Å². The number of aromatic nitrogens is 1. The maximum Gasteiger partial charge on any atom is 0.159 e. The highest BCUT2D eigenvalue weighted by Gasteiger charge is 2.27. The second kappa shape index (κ2) is 8.39. The lowest BCUT2D eigenvalue weighted by atomic mass is 10.1. The summed E-state index contributed by atoms with van der Waals surface area (Å²) >= 11 is 0. The third-order valence-corrected chi connectivity index (χ3v) is 5.50. The minimum Gasteiger partial charge on any atom is -0.396 e. The molecule has 1 atom stereocenters. The van der Waals surface area contributed by atoms with Crippen LogP contribution in [0.3, 0.4) is 0 Å². The first-order chi connectivity index (χ1) is 13.6. The van der Waals surface area contributed by atoms with Crippen molar-refractivity contribution in [3.8, 4) is 0 Å². The number of nitrogens with zero attached hydrogens (tertiary/aromatic N) is 2. The maximum atomic E-state index is 13.5. The van der Waals surface area contributed by atoms with Gasteiger partial charge in [0, 0.05) is 56.6 Å². The number of aromatic amines is 1. The molecule has 0 radical (unpaired) electrons. The Bertz CT molecular complexity index is 909. The molecule has 6 heteroatoms. The molecule has 0 saturated carbocycles. The first-order valence-electron chi connectivity index (χ1n) is 9.70. The summed E-state index contributed by atoms with van der Waals surface area (Å²) in [5.41, 5.74) is 3.07. The highest BCUT2D eigenvalue weighted by Crippen LogP contribution is 2.21. The van der Waals surface area contributed by atoms with Gasteiger partial charge in [-0.25, -0.2) is 8.78 Å². The molecule has 0 unspecified atom stereocenters. The Kier molecular flexibility index (Phi) is 5.71. The summed E-state index contributed by atoms with van der Waals surface area (Å²) in [4.78, 5) is 8.11. The molecule has 1 saturated heterocycles. The average Bonchev–Trinajstić information content (AvgIpc) is 3.09. The molecule has 28 heavy (non-hydrogen) atoms. The van der Waals surface area contributed by atoms with E-state index in [4.69, 9.17) is 0 Å². The molecule has 0 bridgehead atoms. The number of benzene rings is 2. The van der Waals surface area contributed by atoms with Crippen LogP contribution in [-0.2, 0) is 13.1 Å². The molecule has 2 N–H and O–H groups in total. The topological polar surface area (TPSA) is 42.5 Å². The second-order valence-electron chi connectivity index (χ2n) is 7.50. The molecule has 148 valence electrons. The smallest absolute Gasteiger partial charge is 0.159 e. The summed E-state index contributed by atoms with van der Waals surface area (Å²) in [5.74, 6) is -1.63. The SMILES string of the molecule is OCC[C@@H]1CN(Cc2cc3ccccc3[nH]2)CCN1Cc1ccc(F)c(F)c1. The van der Waals surface area contributed by atoms with Crippen LogP contribution in [0.25, 0.3) is 10.9 Å². The van der Waals surface area contributed by atoms with Gasteiger partial charge in [-0.2, -0.15) is 0 Å². The number of hydrogen-bond acceptors (Lipinski definition) is 3. The van der Waals surface area contributed by atoms with E-state index in [9.17, 15) is 13.9 Å². The van der Waals surface area contributed by atoms with Crippen LogP contribution >= 0.6 is 0 Å². The molecule has 0 aliphatic carbocycles. The fourth-order valence-electron chi connectivity index (χ4n) is 4.06. The molecule has 0 amide bonds. The molecule has 2 heterocycles. The fraction of sp³-hybridized carbons (Fsp3) is 0.364. The third-order valence-electron chi connectivity index (χ3n) is 5.50. The van der Waals surface area contributed by atoms with E-state index in [-0.39, 0.29) is 12.6 Å². The number of hydrogen-bond donors (Lipinski definition) is 2. The van der Waals surface area contributed by atoms with Crippen LogP contribution in [0.2, 0.25) is 0 Å². The molecule has 1 aliphatic rings. The van der Waals surface area contributed by atoms with Crippen LogP contribution in [0.4, 0.5) is 8.78 Å². The van der Waals surface area contributed by atoms with Crippen molar-refractivity contribution in [2.75, 3.05) is 26.2 Å². The number of para-hydroxylation sites is 1. The summed E-state index contributed by atoms with van der Waals surface area (Å²) in [6.45, 7) is 4.04. The van der Waals surface area contributed by atoms with Gasteiger partial charge in [-0.3, -0.25) is 9.80 Å².